The number of furan rings is 1. The molecule has 0 amide bonds. The number of hydrogen-bond donors (Lipinski definition) is 2. The first kappa shape index (κ1) is 17.6. The Morgan fingerprint density at radius 3 is 3.03 bits per heavy atom. The number of thiophene rings is 1. The van der Waals surface area contributed by atoms with Crippen molar-refractivity contribution >= 4 is 43.9 Å². The van der Waals surface area contributed by atoms with Crippen LogP contribution in [0.5, 0.6) is 0 Å². The van der Waals surface area contributed by atoms with E-state index in [4.69, 9.17) is 4.42 Å². The van der Waals surface area contributed by atoms with Crippen molar-refractivity contribution in [3.63, 3.8) is 0 Å². The minimum Gasteiger partial charge on any atom is -0.460 e. The van der Waals surface area contributed by atoms with E-state index < -0.39 is 0 Å². The molecule has 1 saturated heterocycles. The van der Waals surface area contributed by atoms with Crippen molar-refractivity contribution in [1.82, 2.24) is 25.1 Å². The van der Waals surface area contributed by atoms with Crippen molar-refractivity contribution in [2.24, 2.45) is 0 Å². The molecule has 0 radical (unpaired) electrons. The number of pyridine rings is 2. The molecule has 5 aromatic rings. The Labute approximate surface area is 176 Å². The molecule has 2 N–H and O–H groups in total. The summed E-state index contributed by atoms with van der Waals surface area (Å²) in [5.41, 5.74) is 3.91. The van der Waals surface area contributed by atoms with Crippen LogP contribution in [-0.4, -0.2) is 32.8 Å². The maximum atomic E-state index is 5.64. The van der Waals surface area contributed by atoms with Crippen molar-refractivity contribution in [3.05, 3.63) is 54.8 Å². The second-order valence-corrected chi connectivity index (χ2v) is 8.43. The zero-order valence-electron chi connectivity index (χ0n) is 16.2. The molecule has 1 aliphatic heterocycles. The Morgan fingerprint density at radius 2 is 2.10 bits per heavy atom. The van der Waals surface area contributed by atoms with Crippen LogP contribution >= 0.6 is 11.3 Å². The molecule has 30 heavy (non-hydrogen) atoms. The summed E-state index contributed by atoms with van der Waals surface area (Å²) in [5, 5.41) is 15.8. The van der Waals surface area contributed by atoms with E-state index in [-0.39, 0.29) is 0 Å². The molecule has 0 bridgehead atoms. The lowest BCUT2D eigenvalue weighted by Crippen LogP contribution is -2.29. The molecule has 5 aromatic heterocycles. The van der Waals surface area contributed by atoms with Crippen LogP contribution < -0.4 is 10.6 Å². The van der Waals surface area contributed by atoms with Crippen LogP contribution in [0.15, 0.2) is 59.2 Å². The highest BCUT2D eigenvalue weighted by Gasteiger charge is 2.18. The maximum absolute atomic E-state index is 5.64. The minimum absolute atomic E-state index is 0.452. The fraction of sp³-hybridized carbons (Fsp3) is 0.227. The lowest BCUT2D eigenvalue weighted by Gasteiger charge is -2.22. The first-order chi connectivity index (χ1) is 14.9. The summed E-state index contributed by atoms with van der Waals surface area (Å²) >= 11 is 1.67. The topological polar surface area (TPSA) is 80.8 Å². The second kappa shape index (κ2) is 7.23. The largest absolute Gasteiger partial charge is 0.460 e. The van der Waals surface area contributed by atoms with Gasteiger partial charge in [-0.25, -0.2) is 4.98 Å². The molecule has 1 fully saturated rings. The number of rotatable bonds is 4. The van der Waals surface area contributed by atoms with E-state index in [1.54, 1.807) is 23.8 Å². The standard InChI is InChI=1S/C22H20N6OS/c1-7-25-22(21-14(1)4-8-29-21)27-18-13-30-19-11-24-10-17(20(18)19)15-9-26-28(12-15)16-2-5-23-6-3-16/h1,4,7-13,16,23H,2-3,5-6H2,(H,25,27). The van der Waals surface area contributed by atoms with Crippen LogP contribution in [0.1, 0.15) is 18.9 Å². The third-order valence-corrected chi connectivity index (χ3v) is 6.62. The molecular formula is C22H20N6OS. The third kappa shape index (κ3) is 2.96. The Hall–Kier alpha value is -3.23. The molecule has 6 rings (SSSR count). The van der Waals surface area contributed by atoms with E-state index in [1.807, 2.05) is 30.7 Å². The highest BCUT2D eigenvalue weighted by molar-refractivity contribution is 7.17. The average molecular weight is 417 g/mol. The van der Waals surface area contributed by atoms with Crippen LogP contribution in [0.25, 0.3) is 32.2 Å². The Morgan fingerprint density at radius 1 is 1.17 bits per heavy atom. The highest BCUT2D eigenvalue weighted by Crippen LogP contribution is 2.39. The number of nitrogens with one attached hydrogen (secondary N) is 2. The molecular weight excluding hydrogens is 396 g/mol. The number of piperidine rings is 1. The smallest absolute Gasteiger partial charge is 0.176 e. The van der Waals surface area contributed by atoms with Crippen LogP contribution in [0.4, 0.5) is 11.5 Å². The van der Waals surface area contributed by atoms with Gasteiger partial charge < -0.3 is 15.1 Å². The molecule has 7 nitrogen and oxygen atoms in total. The van der Waals surface area contributed by atoms with Crippen molar-refractivity contribution in [2.45, 2.75) is 18.9 Å². The van der Waals surface area contributed by atoms with Gasteiger partial charge in [0.15, 0.2) is 11.4 Å². The Kier molecular flexibility index (Phi) is 4.24. The number of anilines is 2. The molecule has 0 unspecified atom stereocenters. The van der Waals surface area contributed by atoms with Gasteiger partial charge in [-0.3, -0.25) is 9.67 Å². The first-order valence-corrected chi connectivity index (χ1v) is 10.9. The molecule has 1 aliphatic rings. The van der Waals surface area contributed by atoms with Crippen LogP contribution in [0.3, 0.4) is 0 Å². The predicted octanol–water partition coefficient (Wildman–Crippen LogP) is 4.97. The summed E-state index contributed by atoms with van der Waals surface area (Å²) in [6.45, 7) is 2.09. The van der Waals surface area contributed by atoms with Gasteiger partial charge in [-0.2, -0.15) is 5.10 Å². The number of aromatic nitrogens is 4. The van der Waals surface area contributed by atoms with Gasteiger partial charge in [-0.15, -0.1) is 11.3 Å². The summed E-state index contributed by atoms with van der Waals surface area (Å²) in [6.07, 6.45) is 13.6. The van der Waals surface area contributed by atoms with Crippen LogP contribution in [0.2, 0.25) is 0 Å². The SMILES string of the molecule is c1cc2ccoc2c(Nc2csc3cncc(-c4cnn(C5CCNCC5)c4)c23)n1. The summed E-state index contributed by atoms with van der Waals surface area (Å²) < 4.78 is 8.88. The number of hydrogen-bond acceptors (Lipinski definition) is 7. The van der Waals surface area contributed by atoms with Gasteiger partial charge in [0, 0.05) is 52.1 Å². The van der Waals surface area contributed by atoms with Crippen molar-refractivity contribution in [1.29, 1.82) is 0 Å². The fourth-order valence-electron chi connectivity index (χ4n) is 4.16. The average Bonchev–Trinajstić information content (AvgIpc) is 3.54. The summed E-state index contributed by atoms with van der Waals surface area (Å²) in [6, 6.07) is 4.34. The highest BCUT2D eigenvalue weighted by atomic mass is 32.1. The van der Waals surface area contributed by atoms with Gasteiger partial charge in [0.2, 0.25) is 0 Å². The molecule has 0 saturated carbocycles. The minimum atomic E-state index is 0.452. The van der Waals surface area contributed by atoms with E-state index in [0.717, 1.165) is 63.8 Å². The lowest BCUT2D eigenvalue weighted by atomic mass is 10.1. The summed E-state index contributed by atoms with van der Waals surface area (Å²) in [5.74, 6) is 0.713. The van der Waals surface area contributed by atoms with Crippen molar-refractivity contribution < 1.29 is 4.42 Å². The maximum Gasteiger partial charge on any atom is 0.176 e. The third-order valence-electron chi connectivity index (χ3n) is 5.70. The predicted molar refractivity (Wildman–Crippen MR) is 119 cm³/mol. The zero-order chi connectivity index (χ0) is 19.9. The second-order valence-electron chi connectivity index (χ2n) is 7.52. The van der Waals surface area contributed by atoms with Gasteiger partial charge in [0.05, 0.1) is 28.9 Å². The van der Waals surface area contributed by atoms with Crippen molar-refractivity contribution in [2.75, 3.05) is 18.4 Å². The van der Waals surface area contributed by atoms with Gasteiger partial charge in [0.25, 0.3) is 0 Å². The Balaban J connectivity index is 1.41. The molecule has 0 aromatic carbocycles. The van der Waals surface area contributed by atoms with E-state index in [2.05, 4.69) is 42.0 Å². The van der Waals surface area contributed by atoms with Crippen molar-refractivity contribution in [3.8, 4) is 11.1 Å². The van der Waals surface area contributed by atoms with E-state index in [0.29, 0.717) is 11.9 Å². The molecule has 150 valence electrons. The van der Waals surface area contributed by atoms with E-state index in [1.165, 1.54) is 0 Å². The quantitative estimate of drug-likeness (QED) is 0.431. The molecule has 8 heteroatoms. The van der Waals surface area contributed by atoms with Gasteiger partial charge >= 0.3 is 0 Å². The number of fused-ring (bicyclic) bond motifs is 2. The van der Waals surface area contributed by atoms with Gasteiger partial charge in [-0.05, 0) is 38.1 Å². The van der Waals surface area contributed by atoms with Crippen LogP contribution in [-0.2, 0) is 0 Å². The normalized spacial score (nSPS) is 15.2. The zero-order valence-corrected chi connectivity index (χ0v) is 17.0. The van der Waals surface area contributed by atoms with Gasteiger partial charge in [-0.1, -0.05) is 0 Å². The number of nitrogens with zero attached hydrogens (tertiary/aromatic N) is 4. The van der Waals surface area contributed by atoms with E-state index in [9.17, 15) is 0 Å². The summed E-state index contributed by atoms with van der Waals surface area (Å²) in [4.78, 5) is 8.96. The fourth-order valence-corrected chi connectivity index (χ4v) is 5.04. The van der Waals surface area contributed by atoms with Crippen LogP contribution in [0, 0.1) is 0 Å². The Bertz CT molecular complexity index is 1330. The molecule has 0 aliphatic carbocycles. The first-order valence-electron chi connectivity index (χ1n) is 10.1. The molecule has 0 spiro atoms. The summed E-state index contributed by atoms with van der Waals surface area (Å²) in [7, 11) is 0. The molecule has 6 heterocycles. The van der Waals surface area contributed by atoms with E-state index >= 15 is 0 Å². The molecule has 0 atom stereocenters. The lowest BCUT2D eigenvalue weighted by molar-refractivity contribution is 0.343. The van der Waals surface area contributed by atoms with Gasteiger partial charge in [0.1, 0.15) is 0 Å². The monoisotopic (exact) mass is 416 g/mol.